The fraction of sp³-hybridized carbons (Fsp3) is 0.125. The Morgan fingerprint density at radius 2 is 1.71 bits per heavy atom. The number of rotatable bonds is 4. The van der Waals surface area contributed by atoms with Crippen LogP contribution in [0.25, 0.3) is 5.69 Å². The van der Waals surface area contributed by atoms with Crippen LogP contribution in [-0.2, 0) is 6.54 Å². The molecule has 0 amide bonds. The molecule has 2 N–H and O–H groups in total. The highest BCUT2D eigenvalue weighted by Crippen LogP contribution is 2.16. The Labute approximate surface area is 122 Å². The van der Waals surface area contributed by atoms with Gasteiger partial charge in [0.05, 0.1) is 6.54 Å². The van der Waals surface area contributed by atoms with Gasteiger partial charge < -0.3 is 10.4 Å². The number of aromatic nitrogens is 3. The van der Waals surface area contributed by atoms with Crippen LogP contribution >= 0.6 is 0 Å². The molecular formula is C16H16N4O. The summed E-state index contributed by atoms with van der Waals surface area (Å²) < 4.78 is 2.02. The Hall–Kier alpha value is -2.82. The first kappa shape index (κ1) is 13.2. The quantitative estimate of drug-likeness (QED) is 0.721. The number of aromatic hydroxyl groups is 1. The number of phenols is 1. The molecule has 21 heavy (non-hydrogen) atoms. The SMILES string of the molecule is Cc1nnc(CNc2ccc(O)cc2)n1-c1ccccc1. The van der Waals surface area contributed by atoms with Crippen molar-refractivity contribution in [2.45, 2.75) is 13.5 Å². The predicted octanol–water partition coefficient (Wildman–Crippen LogP) is 2.89. The molecule has 0 saturated carbocycles. The number of nitrogens with zero attached hydrogens (tertiary/aromatic N) is 3. The van der Waals surface area contributed by atoms with Crippen molar-refractivity contribution in [2.24, 2.45) is 0 Å². The van der Waals surface area contributed by atoms with E-state index in [0.29, 0.717) is 6.54 Å². The molecule has 0 radical (unpaired) electrons. The lowest BCUT2D eigenvalue weighted by Gasteiger charge is -2.10. The summed E-state index contributed by atoms with van der Waals surface area (Å²) in [6, 6.07) is 17.0. The molecule has 1 aromatic heterocycles. The zero-order chi connectivity index (χ0) is 14.7. The lowest BCUT2D eigenvalue weighted by Crippen LogP contribution is -2.08. The van der Waals surface area contributed by atoms with Crippen molar-refractivity contribution in [3.05, 3.63) is 66.2 Å². The lowest BCUT2D eigenvalue weighted by atomic mass is 10.3. The van der Waals surface area contributed by atoms with Gasteiger partial charge in [-0.15, -0.1) is 10.2 Å². The third-order valence-corrected chi connectivity index (χ3v) is 3.22. The molecule has 0 saturated heterocycles. The van der Waals surface area contributed by atoms with Crippen LogP contribution < -0.4 is 5.32 Å². The lowest BCUT2D eigenvalue weighted by molar-refractivity contribution is 0.475. The molecule has 3 aromatic rings. The van der Waals surface area contributed by atoms with E-state index in [4.69, 9.17) is 0 Å². The molecule has 0 aliphatic carbocycles. The summed E-state index contributed by atoms with van der Waals surface area (Å²) in [6.45, 7) is 2.49. The van der Waals surface area contributed by atoms with Gasteiger partial charge in [-0.1, -0.05) is 18.2 Å². The van der Waals surface area contributed by atoms with Crippen molar-refractivity contribution in [1.82, 2.24) is 14.8 Å². The van der Waals surface area contributed by atoms with Crippen LogP contribution in [0.1, 0.15) is 11.6 Å². The van der Waals surface area contributed by atoms with Crippen LogP contribution in [0.2, 0.25) is 0 Å². The topological polar surface area (TPSA) is 63.0 Å². The van der Waals surface area contributed by atoms with Gasteiger partial charge in [0.25, 0.3) is 0 Å². The Morgan fingerprint density at radius 3 is 2.43 bits per heavy atom. The van der Waals surface area contributed by atoms with E-state index in [1.165, 1.54) is 0 Å². The van der Waals surface area contributed by atoms with E-state index < -0.39 is 0 Å². The molecule has 106 valence electrons. The van der Waals surface area contributed by atoms with E-state index in [9.17, 15) is 5.11 Å². The van der Waals surface area contributed by atoms with Crippen LogP contribution in [0.3, 0.4) is 0 Å². The maximum absolute atomic E-state index is 9.28. The van der Waals surface area contributed by atoms with Gasteiger partial charge in [-0.3, -0.25) is 4.57 Å². The van der Waals surface area contributed by atoms with Gasteiger partial charge in [0.15, 0.2) is 5.82 Å². The van der Waals surface area contributed by atoms with Gasteiger partial charge >= 0.3 is 0 Å². The average molecular weight is 280 g/mol. The second kappa shape index (κ2) is 5.66. The maximum Gasteiger partial charge on any atom is 0.156 e. The van der Waals surface area contributed by atoms with Gasteiger partial charge in [0.2, 0.25) is 0 Å². The largest absolute Gasteiger partial charge is 0.508 e. The van der Waals surface area contributed by atoms with E-state index in [-0.39, 0.29) is 5.75 Å². The molecule has 1 heterocycles. The molecule has 0 aliphatic heterocycles. The summed E-state index contributed by atoms with van der Waals surface area (Å²) >= 11 is 0. The van der Waals surface area contributed by atoms with Crippen LogP contribution in [0.4, 0.5) is 5.69 Å². The fourth-order valence-corrected chi connectivity index (χ4v) is 2.19. The summed E-state index contributed by atoms with van der Waals surface area (Å²) in [4.78, 5) is 0. The number of benzene rings is 2. The van der Waals surface area contributed by atoms with Crippen molar-refractivity contribution in [1.29, 1.82) is 0 Å². The minimum atomic E-state index is 0.254. The van der Waals surface area contributed by atoms with Crippen LogP contribution in [0.15, 0.2) is 54.6 Å². The minimum Gasteiger partial charge on any atom is -0.508 e. The second-order valence-corrected chi connectivity index (χ2v) is 4.73. The highest BCUT2D eigenvalue weighted by Gasteiger charge is 2.10. The first-order valence-corrected chi connectivity index (χ1v) is 6.73. The molecule has 5 nitrogen and oxygen atoms in total. The number of nitrogens with one attached hydrogen (secondary N) is 1. The first-order chi connectivity index (χ1) is 10.2. The molecular weight excluding hydrogens is 264 g/mol. The van der Waals surface area contributed by atoms with Crippen molar-refractivity contribution in [3.8, 4) is 11.4 Å². The molecule has 0 aliphatic rings. The fourth-order valence-electron chi connectivity index (χ4n) is 2.19. The Bertz CT molecular complexity index is 720. The molecule has 0 atom stereocenters. The predicted molar refractivity (Wildman–Crippen MR) is 81.5 cm³/mol. The smallest absolute Gasteiger partial charge is 0.156 e. The van der Waals surface area contributed by atoms with E-state index in [2.05, 4.69) is 15.5 Å². The van der Waals surface area contributed by atoms with Crippen molar-refractivity contribution < 1.29 is 5.11 Å². The van der Waals surface area contributed by atoms with Gasteiger partial charge in [-0.2, -0.15) is 0 Å². The third-order valence-electron chi connectivity index (χ3n) is 3.22. The maximum atomic E-state index is 9.28. The Balaban J connectivity index is 1.82. The molecule has 0 fully saturated rings. The van der Waals surface area contributed by atoms with E-state index in [1.54, 1.807) is 12.1 Å². The summed E-state index contributed by atoms with van der Waals surface area (Å²) in [5.74, 6) is 1.94. The van der Waals surface area contributed by atoms with Crippen molar-refractivity contribution >= 4 is 5.69 Å². The molecule has 5 heteroatoms. The van der Waals surface area contributed by atoms with Gasteiger partial charge in [0, 0.05) is 11.4 Å². The van der Waals surface area contributed by atoms with Crippen LogP contribution in [-0.4, -0.2) is 19.9 Å². The number of aryl methyl sites for hydroxylation is 1. The highest BCUT2D eigenvalue weighted by atomic mass is 16.3. The number of hydrogen-bond donors (Lipinski definition) is 2. The van der Waals surface area contributed by atoms with Crippen LogP contribution in [0, 0.1) is 6.92 Å². The third kappa shape index (κ3) is 2.86. The number of para-hydroxylation sites is 1. The van der Waals surface area contributed by atoms with Crippen molar-refractivity contribution in [3.63, 3.8) is 0 Å². The van der Waals surface area contributed by atoms with Crippen molar-refractivity contribution in [2.75, 3.05) is 5.32 Å². The first-order valence-electron chi connectivity index (χ1n) is 6.73. The average Bonchev–Trinajstić information content (AvgIpc) is 2.88. The van der Waals surface area contributed by atoms with Gasteiger partial charge in [-0.05, 0) is 43.3 Å². The minimum absolute atomic E-state index is 0.254. The normalized spacial score (nSPS) is 10.5. The Morgan fingerprint density at radius 1 is 1.00 bits per heavy atom. The summed E-state index contributed by atoms with van der Waals surface area (Å²) in [6.07, 6.45) is 0. The highest BCUT2D eigenvalue weighted by molar-refractivity contribution is 5.46. The molecule has 0 bridgehead atoms. The monoisotopic (exact) mass is 280 g/mol. The van der Waals surface area contributed by atoms with Gasteiger partial charge in [0.1, 0.15) is 11.6 Å². The zero-order valence-corrected chi connectivity index (χ0v) is 11.7. The summed E-state index contributed by atoms with van der Waals surface area (Å²) in [7, 11) is 0. The van der Waals surface area contributed by atoms with E-state index >= 15 is 0 Å². The number of phenolic OH excluding ortho intramolecular Hbond substituents is 1. The van der Waals surface area contributed by atoms with E-state index in [1.807, 2.05) is 54.0 Å². The number of hydrogen-bond acceptors (Lipinski definition) is 4. The molecule has 2 aromatic carbocycles. The standard InChI is InChI=1S/C16H16N4O/c1-12-18-19-16(20(12)14-5-3-2-4-6-14)11-17-13-7-9-15(21)10-8-13/h2-10,17,21H,11H2,1H3. The molecule has 0 spiro atoms. The summed E-state index contributed by atoms with van der Waals surface area (Å²) in [5, 5.41) is 20.9. The van der Waals surface area contributed by atoms with Gasteiger partial charge in [-0.25, -0.2) is 0 Å². The second-order valence-electron chi connectivity index (χ2n) is 4.73. The zero-order valence-electron chi connectivity index (χ0n) is 11.7. The number of anilines is 1. The molecule has 0 unspecified atom stereocenters. The van der Waals surface area contributed by atoms with E-state index in [0.717, 1.165) is 23.0 Å². The van der Waals surface area contributed by atoms with Crippen LogP contribution in [0.5, 0.6) is 5.75 Å². The molecule has 3 rings (SSSR count). The Kier molecular flexibility index (Phi) is 3.55. The summed E-state index contributed by atoms with van der Waals surface area (Å²) in [5.41, 5.74) is 1.97.